The maximum atomic E-state index is 12.1. The number of halogens is 1. The zero-order valence-corrected chi connectivity index (χ0v) is 14.4. The molecule has 1 heterocycles. The van der Waals surface area contributed by atoms with Crippen molar-refractivity contribution in [1.29, 1.82) is 0 Å². The lowest BCUT2D eigenvalue weighted by molar-refractivity contribution is 0.216. The van der Waals surface area contributed by atoms with Gasteiger partial charge in [0.25, 0.3) is 0 Å². The predicted molar refractivity (Wildman–Crippen MR) is 95.2 cm³/mol. The van der Waals surface area contributed by atoms with Crippen LogP contribution in [-0.2, 0) is 6.54 Å². The normalized spacial score (nSPS) is 11.7. The number of anilines is 1. The number of rotatable bonds is 6. The second-order valence-corrected chi connectivity index (χ2v) is 5.93. The van der Waals surface area contributed by atoms with Gasteiger partial charge in [0.15, 0.2) is 0 Å². The molecule has 24 heavy (non-hydrogen) atoms. The molecule has 2 aromatic rings. The third kappa shape index (κ3) is 4.84. The van der Waals surface area contributed by atoms with Crippen LogP contribution in [0.1, 0.15) is 17.2 Å². The Hall–Kier alpha value is -2.31. The number of carbonyl (C=O) groups excluding carboxylic acids is 1. The number of pyridine rings is 1. The number of nitrogens with one attached hydrogen (secondary N) is 2. The Kier molecular flexibility index (Phi) is 6.40. The number of aliphatic hydroxyl groups excluding tert-OH is 1. The molecule has 0 fully saturated rings. The summed E-state index contributed by atoms with van der Waals surface area (Å²) in [4.78, 5) is 18.3. The summed E-state index contributed by atoms with van der Waals surface area (Å²) in [7, 11) is 3.79. The summed E-state index contributed by atoms with van der Waals surface area (Å²) < 4.78 is 0. The van der Waals surface area contributed by atoms with Gasteiger partial charge >= 0.3 is 6.03 Å². The molecule has 0 radical (unpaired) electrons. The van der Waals surface area contributed by atoms with E-state index in [0.29, 0.717) is 11.6 Å². The van der Waals surface area contributed by atoms with E-state index in [1.807, 2.05) is 31.1 Å². The predicted octanol–water partition coefficient (Wildman–Crippen LogP) is 2.33. The lowest BCUT2D eigenvalue weighted by Crippen LogP contribution is -2.39. The van der Waals surface area contributed by atoms with Crippen LogP contribution in [0.25, 0.3) is 0 Å². The lowest BCUT2D eigenvalue weighted by Gasteiger charge is -2.19. The number of carbonyl (C=O) groups is 1. The quantitative estimate of drug-likeness (QED) is 0.748. The maximum absolute atomic E-state index is 12.1. The zero-order valence-electron chi connectivity index (χ0n) is 13.7. The molecule has 3 N–H and O–H groups in total. The molecule has 0 aliphatic carbocycles. The first kappa shape index (κ1) is 18.0. The van der Waals surface area contributed by atoms with Gasteiger partial charge in [0.05, 0.1) is 12.6 Å². The fourth-order valence-electron chi connectivity index (χ4n) is 2.29. The van der Waals surface area contributed by atoms with Gasteiger partial charge in [0.2, 0.25) is 0 Å². The Morgan fingerprint density at radius 3 is 2.62 bits per heavy atom. The number of aliphatic hydroxyl groups is 1. The van der Waals surface area contributed by atoms with Gasteiger partial charge in [-0.1, -0.05) is 29.8 Å². The summed E-state index contributed by atoms with van der Waals surface area (Å²) in [6, 6.07) is 9.86. The van der Waals surface area contributed by atoms with Gasteiger partial charge in [-0.15, -0.1) is 0 Å². The number of amides is 2. The van der Waals surface area contributed by atoms with Crippen LogP contribution in [0.5, 0.6) is 0 Å². The molecule has 1 unspecified atom stereocenters. The molecule has 128 valence electrons. The first-order valence-electron chi connectivity index (χ1n) is 7.53. The highest BCUT2D eigenvalue weighted by molar-refractivity contribution is 6.30. The third-order valence-corrected chi connectivity index (χ3v) is 3.74. The molecule has 6 nitrogen and oxygen atoms in total. The van der Waals surface area contributed by atoms with Crippen molar-refractivity contribution in [2.75, 3.05) is 25.6 Å². The largest absolute Gasteiger partial charge is 0.394 e. The van der Waals surface area contributed by atoms with E-state index in [4.69, 9.17) is 11.6 Å². The van der Waals surface area contributed by atoms with Gasteiger partial charge in [-0.05, 0) is 23.8 Å². The summed E-state index contributed by atoms with van der Waals surface area (Å²) in [6.07, 6.45) is 1.71. The molecule has 0 bridgehead atoms. The van der Waals surface area contributed by atoms with Crippen LogP contribution >= 0.6 is 11.6 Å². The topological polar surface area (TPSA) is 77.5 Å². The molecule has 2 rings (SSSR count). The number of nitrogens with zero attached hydrogens (tertiary/aromatic N) is 2. The minimum atomic E-state index is -0.496. The average Bonchev–Trinajstić information content (AvgIpc) is 2.59. The number of hydrogen-bond donors (Lipinski definition) is 3. The minimum absolute atomic E-state index is 0.203. The Labute approximate surface area is 146 Å². The molecule has 1 aromatic carbocycles. The van der Waals surface area contributed by atoms with Gasteiger partial charge in [-0.3, -0.25) is 0 Å². The molecule has 1 aromatic heterocycles. The number of benzene rings is 1. The van der Waals surface area contributed by atoms with Crippen LogP contribution in [0.15, 0.2) is 42.6 Å². The Morgan fingerprint density at radius 1 is 1.29 bits per heavy atom. The van der Waals surface area contributed by atoms with E-state index in [9.17, 15) is 9.90 Å². The summed E-state index contributed by atoms with van der Waals surface area (Å²) in [5, 5.41) is 15.6. The number of hydrogen-bond acceptors (Lipinski definition) is 4. The first-order valence-corrected chi connectivity index (χ1v) is 7.91. The van der Waals surface area contributed by atoms with Crippen LogP contribution in [-0.4, -0.2) is 36.8 Å². The molecule has 0 saturated carbocycles. The second-order valence-electron chi connectivity index (χ2n) is 5.49. The van der Waals surface area contributed by atoms with Crippen LogP contribution in [0.4, 0.5) is 10.6 Å². The molecule has 2 amide bonds. The van der Waals surface area contributed by atoms with E-state index in [2.05, 4.69) is 15.6 Å². The fourth-order valence-corrected chi connectivity index (χ4v) is 2.41. The number of aromatic nitrogens is 1. The van der Waals surface area contributed by atoms with Crippen molar-refractivity contribution in [2.45, 2.75) is 12.6 Å². The smallest absolute Gasteiger partial charge is 0.315 e. The summed E-state index contributed by atoms with van der Waals surface area (Å²) in [6.45, 7) is 0.136. The van der Waals surface area contributed by atoms with Crippen molar-refractivity contribution in [1.82, 2.24) is 15.6 Å². The third-order valence-electron chi connectivity index (χ3n) is 3.49. The SMILES string of the molecule is CN(C)c1ncccc1CNC(=O)NC(CO)c1ccc(Cl)cc1. The Morgan fingerprint density at radius 2 is 2.00 bits per heavy atom. The van der Waals surface area contributed by atoms with Gasteiger partial charge in [-0.25, -0.2) is 9.78 Å². The zero-order chi connectivity index (χ0) is 17.5. The van der Waals surface area contributed by atoms with E-state index in [0.717, 1.165) is 16.9 Å². The van der Waals surface area contributed by atoms with E-state index in [1.54, 1.807) is 30.5 Å². The average molecular weight is 349 g/mol. The highest BCUT2D eigenvalue weighted by Gasteiger charge is 2.14. The van der Waals surface area contributed by atoms with Crippen molar-refractivity contribution < 1.29 is 9.90 Å². The van der Waals surface area contributed by atoms with E-state index >= 15 is 0 Å². The van der Waals surface area contributed by atoms with E-state index in [1.165, 1.54) is 0 Å². The summed E-state index contributed by atoms with van der Waals surface area (Å²) in [5.41, 5.74) is 1.69. The van der Waals surface area contributed by atoms with Gasteiger partial charge in [0.1, 0.15) is 5.82 Å². The first-order chi connectivity index (χ1) is 11.5. The van der Waals surface area contributed by atoms with Crippen molar-refractivity contribution in [3.05, 3.63) is 58.7 Å². The molecule has 0 saturated heterocycles. The van der Waals surface area contributed by atoms with E-state index < -0.39 is 6.04 Å². The fraction of sp³-hybridized carbons (Fsp3) is 0.294. The highest BCUT2D eigenvalue weighted by Crippen LogP contribution is 2.16. The molecular formula is C17H21ClN4O2. The second kappa shape index (κ2) is 8.52. The van der Waals surface area contributed by atoms with Crippen LogP contribution in [0.2, 0.25) is 5.02 Å². The van der Waals surface area contributed by atoms with Crippen LogP contribution in [0, 0.1) is 0 Å². The summed E-state index contributed by atoms with van der Waals surface area (Å²) >= 11 is 5.85. The molecule has 0 aliphatic heterocycles. The van der Waals surface area contributed by atoms with Gasteiger partial charge < -0.3 is 20.6 Å². The molecule has 7 heteroatoms. The van der Waals surface area contributed by atoms with Gasteiger partial charge in [0, 0.05) is 37.4 Å². The van der Waals surface area contributed by atoms with Crippen molar-refractivity contribution in [3.8, 4) is 0 Å². The van der Waals surface area contributed by atoms with Crippen molar-refractivity contribution >= 4 is 23.4 Å². The lowest BCUT2D eigenvalue weighted by atomic mass is 10.1. The van der Waals surface area contributed by atoms with Crippen LogP contribution in [0.3, 0.4) is 0 Å². The van der Waals surface area contributed by atoms with Crippen molar-refractivity contribution in [3.63, 3.8) is 0 Å². The summed E-state index contributed by atoms with van der Waals surface area (Å²) in [5.74, 6) is 0.800. The molecule has 0 aliphatic rings. The standard InChI is InChI=1S/C17H21ClN4O2/c1-22(2)16-13(4-3-9-19-16)10-20-17(24)21-15(11-23)12-5-7-14(18)8-6-12/h3-9,15,23H,10-11H2,1-2H3,(H2,20,21,24). The van der Waals surface area contributed by atoms with Crippen LogP contribution < -0.4 is 15.5 Å². The Balaban J connectivity index is 1.96. The maximum Gasteiger partial charge on any atom is 0.315 e. The van der Waals surface area contributed by atoms with E-state index in [-0.39, 0.29) is 12.6 Å². The molecule has 1 atom stereocenters. The monoisotopic (exact) mass is 348 g/mol. The minimum Gasteiger partial charge on any atom is -0.394 e. The number of urea groups is 1. The molecular weight excluding hydrogens is 328 g/mol. The van der Waals surface area contributed by atoms with Crippen molar-refractivity contribution in [2.24, 2.45) is 0 Å². The van der Waals surface area contributed by atoms with Gasteiger partial charge in [-0.2, -0.15) is 0 Å². The highest BCUT2D eigenvalue weighted by atomic mass is 35.5. The Bertz CT molecular complexity index is 677. The molecule has 0 spiro atoms.